The summed E-state index contributed by atoms with van der Waals surface area (Å²) in [5.41, 5.74) is 1.81. The van der Waals surface area contributed by atoms with Crippen molar-refractivity contribution in [3.05, 3.63) is 70.9 Å². The van der Waals surface area contributed by atoms with E-state index in [2.05, 4.69) is 15.8 Å². The molecule has 1 amide bonds. The third-order valence-corrected chi connectivity index (χ3v) is 8.41. The van der Waals surface area contributed by atoms with Crippen LogP contribution in [0.1, 0.15) is 15.9 Å². The molecule has 0 atom stereocenters. The van der Waals surface area contributed by atoms with Gasteiger partial charge in [-0.15, -0.1) is 13.2 Å². The molecule has 0 unspecified atom stereocenters. The number of hydrogen-bond donors (Lipinski definition) is 0. The lowest BCUT2D eigenvalue weighted by molar-refractivity contribution is -0.275. The molecule has 2 aromatic carbocycles. The number of sulfonamides is 1. The van der Waals surface area contributed by atoms with Crippen LogP contribution in [0.15, 0.2) is 59.6 Å². The van der Waals surface area contributed by atoms with Gasteiger partial charge in [0, 0.05) is 52.0 Å². The van der Waals surface area contributed by atoms with E-state index in [1.54, 1.807) is 49.5 Å². The van der Waals surface area contributed by atoms with E-state index in [0.29, 0.717) is 22.5 Å². The summed E-state index contributed by atoms with van der Waals surface area (Å²) in [6.45, 7) is 0.202. The Labute approximate surface area is 234 Å². The molecule has 0 spiro atoms. The molecule has 0 N–H and O–H groups in total. The molecule has 4 rings (SSSR count). The number of alkyl halides is 3. The maximum Gasteiger partial charge on any atom is 0.573 e. The molecule has 1 aromatic heterocycles. The molecule has 1 saturated heterocycles. The van der Waals surface area contributed by atoms with E-state index >= 15 is 0 Å². The minimum atomic E-state index is -5.05. The van der Waals surface area contributed by atoms with Gasteiger partial charge in [0.15, 0.2) is 0 Å². The van der Waals surface area contributed by atoms with Crippen LogP contribution in [-0.4, -0.2) is 75.2 Å². The van der Waals surface area contributed by atoms with Gasteiger partial charge in [0.2, 0.25) is 10.0 Å². The predicted molar refractivity (Wildman–Crippen MR) is 142 cm³/mol. The highest BCUT2D eigenvalue weighted by atomic mass is 35.5. The fourth-order valence-electron chi connectivity index (χ4n) is 4.21. The Bertz CT molecular complexity index is 1580. The van der Waals surface area contributed by atoms with Gasteiger partial charge >= 0.3 is 6.36 Å². The molecule has 14 heteroatoms. The van der Waals surface area contributed by atoms with E-state index in [4.69, 9.17) is 11.6 Å². The molecule has 1 fully saturated rings. The number of anilines is 1. The van der Waals surface area contributed by atoms with Crippen LogP contribution in [0.5, 0.6) is 5.75 Å². The van der Waals surface area contributed by atoms with Crippen LogP contribution in [0.2, 0.25) is 5.02 Å². The lowest BCUT2D eigenvalue weighted by Gasteiger charge is -2.35. The molecule has 2 heterocycles. The van der Waals surface area contributed by atoms with Crippen LogP contribution < -0.4 is 9.64 Å². The Balaban J connectivity index is 1.52. The van der Waals surface area contributed by atoms with Crippen LogP contribution in [0.3, 0.4) is 0 Å². The van der Waals surface area contributed by atoms with Crippen molar-refractivity contribution in [1.29, 1.82) is 5.26 Å². The van der Waals surface area contributed by atoms with E-state index in [9.17, 15) is 31.6 Å². The normalized spacial score (nSPS) is 14.5. The largest absolute Gasteiger partial charge is 0.573 e. The average Bonchev–Trinajstić information content (AvgIpc) is 2.91. The van der Waals surface area contributed by atoms with Crippen molar-refractivity contribution in [2.24, 2.45) is 0 Å². The molecular weight excluding hydrogens is 571 g/mol. The van der Waals surface area contributed by atoms with Gasteiger partial charge in [0.25, 0.3) is 5.91 Å². The highest BCUT2D eigenvalue weighted by Gasteiger charge is 2.36. The Morgan fingerprint density at radius 2 is 1.75 bits per heavy atom. The van der Waals surface area contributed by atoms with Crippen molar-refractivity contribution in [3.63, 3.8) is 0 Å². The van der Waals surface area contributed by atoms with Gasteiger partial charge in [-0.3, -0.25) is 4.79 Å². The van der Waals surface area contributed by atoms with E-state index in [-0.39, 0.29) is 42.7 Å². The first-order chi connectivity index (χ1) is 18.8. The van der Waals surface area contributed by atoms with Crippen molar-refractivity contribution in [2.75, 3.05) is 45.2 Å². The van der Waals surface area contributed by atoms with Gasteiger partial charge < -0.3 is 14.5 Å². The second kappa shape index (κ2) is 11.3. The van der Waals surface area contributed by atoms with Crippen molar-refractivity contribution in [3.8, 4) is 22.9 Å². The molecule has 0 aliphatic carbocycles. The van der Waals surface area contributed by atoms with Crippen LogP contribution in [0, 0.1) is 11.3 Å². The maximum absolute atomic E-state index is 13.2. The number of benzene rings is 2. The number of carbonyl (C=O) groups is 1. The second-order valence-corrected chi connectivity index (χ2v) is 11.3. The molecule has 3 aromatic rings. The zero-order valence-corrected chi connectivity index (χ0v) is 22.9. The van der Waals surface area contributed by atoms with E-state index in [1.165, 1.54) is 17.0 Å². The predicted octanol–water partition coefficient (Wildman–Crippen LogP) is 4.38. The van der Waals surface area contributed by atoms with E-state index in [0.717, 1.165) is 16.4 Å². The zero-order chi connectivity index (χ0) is 29.2. The first kappa shape index (κ1) is 29.1. The third-order valence-electron chi connectivity index (χ3n) is 6.16. The van der Waals surface area contributed by atoms with Crippen LogP contribution in [0.4, 0.5) is 19.0 Å². The number of rotatable bonds is 6. The zero-order valence-electron chi connectivity index (χ0n) is 21.3. The van der Waals surface area contributed by atoms with Crippen LogP contribution >= 0.6 is 11.6 Å². The van der Waals surface area contributed by atoms with Gasteiger partial charge in [0.1, 0.15) is 22.5 Å². The first-order valence-corrected chi connectivity index (χ1v) is 13.6. The summed E-state index contributed by atoms with van der Waals surface area (Å²) in [5.74, 6) is -0.712. The number of nitriles is 1. The highest BCUT2D eigenvalue weighted by molar-refractivity contribution is 7.89. The molecule has 210 valence electrons. The third kappa shape index (κ3) is 6.14. The fraction of sp³-hybridized carbons (Fsp3) is 0.269. The Morgan fingerprint density at radius 3 is 2.35 bits per heavy atom. The Kier molecular flexibility index (Phi) is 8.25. The number of aromatic nitrogens is 1. The standard InChI is InChI=1S/C26H23ClF3N5O4S/c1-33(2)25(36)20-8-7-17(14-21(20)27)19-13-18(15-31)24(32-16-19)34-9-11-35(12-10-34)40(37,38)23-6-4-3-5-22(23)39-26(28,29)30/h3-8,13-14,16H,9-12H2,1-2H3. The molecule has 1 aliphatic heterocycles. The van der Waals surface area contributed by atoms with Gasteiger partial charge in [-0.1, -0.05) is 29.8 Å². The minimum absolute atomic E-state index is 0.0477. The van der Waals surface area contributed by atoms with Gasteiger partial charge in [-0.2, -0.15) is 9.57 Å². The van der Waals surface area contributed by atoms with Crippen molar-refractivity contribution in [2.45, 2.75) is 11.3 Å². The number of nitrogens with zero attached hydrogens (tertiary/aromatic N) is 5. The van der Waals surface area contributed by atoms with Crippen LogP contribution in [0.25, 0.3) is 11.1 Å². The number of ether oxygens (including phenoxy) is 1. The number of pyridine rings is 1. The number of halogens is 4. The van der Waals surface area contributed by atoms with Crippen molar-refractivity contribution < 1.29 is 31.1 Å². The summed E-state index contributed by atoms with van der Waals surface area (Å²) in [5, 5.41) is 10.0. The maximum atomic E-state index is 13.2. The molecule has 9 nitrogen and oxygen atoms in total. The molecular formula is C26H23ClF3N5O4S. The number of piperazine rings is 1. The highest BCUT2D eigenvalue weighted by Crippen LogP contribution is 2.33. The monoisotopic (exact) mass is 593 g/mol. The lowest BCUT2D eigenvalue weighted by Crippen LogP contribution is -2.49. The first-order valence-electron chi connectivity index (χ1n) is 11.8. The molecule has 40 heavy (non-hydrogen) atoms. The summed E-state index contributed by atoms with van der Waals surface area (Å²) < 4.78 is 69.7. The molecule has 0 saturated carbocycles. The van der Waals surface area contributed by atoms with Gasteiger partial charge in [-0.05, 0) is 35.9 Å². The van der Waals surface area contributed by atoms with E-state index in [1.807, 2.05) is 0 Å². The Hall–Kier alpha value is -3.86. The number of amides is 1. The molecule has 0 bridgehead atoms. The van der Waals surface area contributed by atoms with Crippen molar-refractivity contribution >= 4 is 33.3 Å². The number of para-hydroxylation sites is 1. The molecule has 1 aliphatic rings. The summed E-state index contributed by atoms with van der Waals surface area (Å²) in [6.07, 6.45) is -3.50. The number of carbonyl (C=O) groups excluding carboxylic acids is 1. The topological polar surface area (TPSA) is 107 Å². The van der Waals surface area contributed by atoms with Gasteiger partial charge in [0.05, 0.1) is 16.1 Å². The average molecular weight is 594 g/mol. The smallest absolute Gasteiger partial charge is 0.404 e. The van der Waals surface area contributed by atoms with E-state index < -0.39 is 27.0 Å². The summed E-state index contributed by atoms with van der Waals surface area (Å²) in [7, 11) is -1.06. The molecule has 0 radical (unpaired) electrons. The summed E-state index contributed by atoms with van der Waals surface area (Å²) >= 11 is 6.32. The lowest BCUT2D eigenvalue weighted by atomic mass is 10.0. The van der Waals surface area contributed by atoms with Gasteiger partial charge in [-0.25, -0.2) is 13.4 Å². The Morgan fingerprint density at radius 1 is 1.07 bits per heavy atom. The fourth-order valence-corrected chi connectivity index (χ4v) is 6.01. The quantitative estimate of drug-likeness (QED) is 0.417. The SMILES string of the molecule is CN(C)C(=O)c1ccc(-c2cnc(N3CCN(S(=O)(=O)c4ccccc4OC(F)(F)F)CC3)c(C#N)c2)cc1Cl. The van der Waals surface area contributed by atoms with Crippen molar-refractivity contribution in [1.82, 2.24) is 14.2 Å². The van der Waals surface area contributed by atoms with Crippen LogP contribution in [-0.2, 0) is 10.0 Å². The number of hydrogen-bond acceptors (Lipinski definition) is 7. The summed E-state index contributed by atoms with van der Waals surface area (Å²) in [6, 6.07) is 13.2. The summed E-state index contributed by atoms with van der Waals surface area (Å²) in [4.78, 5) is 19.3. The minimum Gasteiger partial charge on any atom is -0.404 e. The second-order valence-electron chi connectivity index (χ2n) is 8.99.